The molecule has 4 aromatic rings. The highest BCUT2D eigenvalue weighted by Crippen LogP contribution is 2.45. The van der Waals surface area contributed by atoms with E-state index in [1.165, 1.54) is 21.2 Å². The molecule has 4 nitrogen and oxygen atoms in total. The molecule has 0 radical (unpaired) electrons. The van der Waals surface area contributed by atoms with Crippen LogP contribution in [-0.4, -0.2) is 13.3 Å². The molecule has 0 unspecified atom stereocenters. The van der Waals surface area contributed by atoms with Crippen LogP contribution in [-0.2, 0) is 19.4 Å². The number of fused-ring (bicyclic) bond motifs is 2. The first-order valence-corrected chi connectivity index (χ1v) is 13.5. The van der Waals surface area contributed by atoms with Crippen molar-refractivity contribution < 1.29 is 9.47 Å². The van der Waals surface area contributed by atoms with Crippen LogP contribution in [0.4, 0.5) is 5.00 Å². The zero-order chi connectivity index (χ0) is 26.0. The van der Waals surface area contributed by atoms with E-state index in [4.69, 9.17) is 14.5 Å². The minimum Gasteiger partial charge on any atom is -0.493 e. The van der Waals surface area contributed by atoms with Gasteiger partial charge in [-0.15, -0.1) is 11.3 Å². The molecule has 188 valence electrons. The SMILES string of the molecule is COc1cc(C=Nc2sc3c(c2C#N)CC[C@H](C(C)(C)C)C3)ccc1OCc1cccc2ccccc12. The molecule has 0 amide bonds. The summed E-state index contributed by atoms with van der Waals surface area (Å²) in [5, 5.41) is 13.1. The molecule has 1 aliphatic carbocycles. The number of nitriles is 1. The molecule has 1 aromatic heterocycles. The minimum absolute atomic E-state index is 0.270. The van der Waals surface area contributed by atoms with Crippen molar-refractivity contribution >= 4 is 33.3 Å². The van der Waals surface area contributed by atoms with Crippen LogP contribution in [0, 0.1) is 22.7 Å². The second-order valence-corrected chi connectivity index (χ2v) is 11.8. The van der Waals surface area contributed by atoms with Crippen LogP contribution in [0.3, 0.4) is 0 Å². The zero-order valence-electron chi connectivity index (χ0n) is 21.9. The van der Waals surface area contributed by atoms with E-state index in [1.54, 1.807) is 18.4 Å². The standard InChI is InChI=1S/C32H32N2O2S/c1-32(2,3)24-13-14-26-27(18-33)31(37-30(26)17-24)34-19-21-12-15-28(29(16-21)35-4)36-20-23-10-7-9-22-8-5-6-11-25(22)23/h5-12,15-16,19,24H,13-14,17,20H2,1-4H3/t24-/m0/s1. The summed E-state index contributed by atoms with van der Waals surface area (Å²) in [5.41, 5.74) is 4.24. The first kappa shape index (κ1) is 25.0. The number of thiophene rings is 1. The third-order valence-electron chi connectivity index (χ3n) is 7.36. The predicted octanol–water partition coefficient (Wildman–Crippen LogP) is 8.26. The Bertz CT molecular complexity index is 1500. The molecule has 3 aromatic carbocycles. The van der Waals surface area contributed by atoms with E-state index in [1.807, 2.05) is 36.5 Å². The van der Waals surface area contributed by atoms with Gasteiger partial charge < -0.3 is 9.47 Å². The largest absolute Gasteiger partial charge is 0.493 e. The molecule has 0 saturated carbocycles. The van der Waals surface area contributed by atoms with Gasteiger partial charge in [-0.25, -0.2) is 4.99 Å². The summed E-state index contributed by atoms with van der Waals surface area (Å²) in [6.07, 6.45) is 4.94. The van der Waals surface area contributed by atoms with Gasteiger partial charge >= 0.3 is 0 Å². The first-order valence-electron chi connectivity index (χ1n) is 12.7. The summed E-state index contributed by atoms with van der Waals surface area (Å²) in [6, 6.07) is 22.8. The maximum atomic E-state index is 9.87. The normalized spacial score (nSPS) is 15.5. The zero-order valence-corrected chi connectivity index (χ0v) is 22.7. The second-order valence-electron chi connectivity index (χ2n) is 10.7. The number of hydrogen-bond donors (Lipinski definition) is 0. The van der Waals surface area contributed by atoms with Gasteiger partial charge in [-0.3, -0.25) is 0 Å². The fourth-order valence-corrected chi connectivity index (χ4v) is 6.33. The van der Waals surface area contributed by atoms with Crippen molar-refractivity contribution in [2.75, 3.05) is 7.11 Å². The Balaban J connectivity index is 1.34. The lowest BCUT2D eigenvalue weighted by molar-refractivity contribution is 0.218. The molecule has 5 rings (SSSR count). The van der Waals surface area contributed by atoms with E-state index >= 15 is 0 Å². The molecule has 5 heteroatoms. The molecule has 0 saturated heterocycles. The van der Waals surface area contributed by atoms with Gasteiger partial charge in [0.2, 0.25) is 0 Å². The highest BCUT2D eigenvalue weighted by Gasteiger charge is 2.32. The van der Waals surface area contributed by atoms with Crippen LogP contribution in [0.25, 0.3) is 10.8 Å². The third-order valence-corrected chi connectivity index (χ3v) is 8.53. The van der Waals surface area contributed by atoms with Gasteiger partial charge in [0.1, 0.15) is 17.7 Å². The van der Waals surface area contributed by atoms with Crippen molar-refractivity contribution in [1.29, 1.82) is 5.26 Å². The van der Waals surface area contributed by atoms with Gasteiger partial charge in [0.05, 0.1) is 12.7 Å². The van der Waals surface area contributed by atoms with Crippen molar-refractivity contribution in [2.24, 2.45) is 16.3 Å². The van der Waals surface area contributed by atoms with E-state index in [2.05, 4.69) is 57.2 Å². The minimum atomic E-state index is 0.270. The number of ether oxygens (including phenoxy) is 2. The van der Waals surface area contributed by atoms with Crippen molar-refractivity contribution in [3.8, 4) is 17.6 Å². The number of aliphatic imine (C=N–C) groups is 1. The molecule has 1 heterocycles. The lowest BCUT2D eigenvalue weighted by atomic mass is 9.72. The van der Waals surface area contributed by atoms with Crippen LogP contribution >= 0.6 is 11.3 Å². The molecule has 0 N–H and O–H groups in total. The highest BCUT2D eigenvalue weighted by molar-refractivity contribution is 7.16. The maximum absolute atomic E-state index is 9.87. The van der Waals surface area contributed by atoms with Crippen molar-refractivity contribution in [2.45, 2.75) is 46.6 Å². The van der Waals surface area contributed by atoms with Crippen LogP contribution < -0.4 is 9.47 Å². The van der Waals surface area contributed by atoms with E-state index in [-0.39, 0.29) is 5.41 Å². The maximum Gasteiger partial charge on any atom is 0.161 e. The van der Waals surface area contributed by atoms with Gasteiger partial charge in [0.25, 0.3) is 0 Å². The Morgan fingerprint density at radius 3 is 2.68 bits per heavy atom. The fourth-order valence-electron chi connectivity index (χ4n) is 5.11. The Morgan fingerprint density at radius 1 is 1.08 bits per heavy atom. The lowest BCUT2D eigenvalue weighted by Gasteiger charge is -2.33. The Labute approximate surface area is 223 Å². The van der Waals surface area contributed by atoms with Crippen LogP contribution in [0.2, 0.25) is 0 Å². The Kier molecular flexibility index (Phi) is 7.04. The average Bonchev–Trinajstić information content (AvgIpc) is 3.27. The van der Waals surface area contributed by atoms with E-state index in [0.29, 0.717) is 24.0 Å². The van der Waals surface area contributed by atoms with Gasteiger partial charge in [0, 0.05) is 11.1 Å². The topological polar surface area (TPSA) is 54.6 Å². The van der Waals surface area contributed by atoms with Gasteiger partial charge in [-0.1, -0.05) is 63.2 Å². The van der Waals surface area contributed by atoms with E-state index in [9.17, 15) is 5.26 Å². The van der Waals surface area contributed by atoms with Gasteiger partial charge in [0.15, 0.2) is 11.5 Å². The Morgan fingerprint density at radius 2 is 1.89 bits per heavy atom. The molecule has 0 bridgehead atoms. The summed E-state index contributed by atoms with van der Waals surface area (Å²) >= 11 is 1.67. The molecule has 0 aliphatic heterocycles. The summed E-state index contributed by atoms with van der Waals surface area (Å²) in [4.78, 5) is 6.07. The summed E-state index contributed by atoms with van der Waals surface area (Å²) in [5.74, 6) is 1.97. The fraction of sp³-hybridized carbons (Fsp3) is 0.312. The average molecular weight is 509 g/mol. The number of nitrogens with zero attached hydrogens (tertiary/aromatic N) is 2. The smallest absolute Gasteiger partial charge is 0.161 e. The number of hydrogen-bond acceptors (Lipinski definition) is 5. The molecule has 1 aliphatic rings. The van der Waals surface area contributed by atoms with E-state index in [0.717, 1.165) is 41.0 Å². The Hall–Kier alpha value is -3.62. The second kappa shape index (κ2) is 10.4. The van der Waals surface area contributed by atoms with E-state index < -0.39 is 0 Å². The molecule has 0 spiro atoms. The number of benzene rings is 3. The van der Waals surface area contributed by atoms with Crippen LogP contribution in [0.15, 0.2) is 65.7 Å². The van der Waals surface area contributed by atoms with Crippen LogP contribution in [0.1, 0.15) is 54.3 Å². The number of rotatable bonds is 6. The van der Waals surface area contributed by atoms with Crippen molar-refractivity contribution in [3.63, 3.8) is 0 Å². The summed E-state index contributed by atoms with van der Waals surface area (Å²) < 4.78 is 11.8. The van der Waals surface area contributed by atoms with Gasteiger partial charge in [-0.2, -0.15) is 5.26 Å². The highest BCUT2D eigenvalue weighted by atomic mass is 32.1. The number of methoxy groups -OCH3 is 1. The summed E-state index contributed by atoms with van der Waals surface area (Å²) in [6.45, 7) is 7.38. The van der Waals surface area contributed by atoms with Gasteiger partial charge in [-0.05, 0) is 76.3 Å². The quantitative estimate of drug-likeness (QED) is 0.246. The lowest BCUT2D eigenvalue weighted by Crippen LogP contribution is -2.26. The predicted molar refractivity (Wildman–Crippen MR) is 153 cm³/mol. The monoisotopic (exact) mass is 508 g/mol. The molecular weight excluding hydrogens is 476 g/mol. The van der Waals surface area contributed by atoms with Crippen LogP contribution in [0.5, 0.6) is 11.5 Å². The first-order chi connectivity index (χ1) is 17.9. The third kappa shape index (κ3) is 5.26. The molecule has 1 atom stereocenters. The molecular formula is C32H32N2O2S. The van der Waals surface area contributed by atoms with Crippen molar-refractivity contribution in [1.82, 2.24) is 0 Å². The molecule has 37 heavy (non-hydrogen) atoms. The van der Waals surface area contributed by atoms with Crippen molar-refractivity contribution in [3.05, 3.63) is 87.8 Å². The summed E-state index contributed by atoms with van der Waals surface area (Å²) in [7, 11) is 1.65. The molecule has 0 fully saturated rings.